The summed E-state index contributed by atoms with van der Waals surface area (Å²) in [6, 6.07) is 18.8. The summed E-state index contributed by atoms with van der Waals surface area (Å²) in [6.07, 6.45) is -0.0281. The van der Waals surface area contributed by atoms with Gasteiger partial charge < -0.3 is 19.3 Å². The Morgan fingerprint density at radius 3 is 1.58 bits per heavy atom. The molecule has 0 amide bonds. The Morgan fingerprint density at radius 1 is 0.792 bits per heavy atom. The van der Waals surface area contributed by atoms with E-state index in [1.54, 1.807) is 0 Å². The lowest BCUT2D eigenvalue weighted by atomic mass is 10.2. The summed E-state index contributed by atoms with van der Waals surface area (Å²) in [7, 11) is -3.46. The monoisotopic (exact) mass is 350 g/mol. The van der Waals surface area contributed by atoms with Crippen molar-refractivity contribution in [3.8, 4) is 0 Å². The lowest BCUT2D eigenvalue weighted by Crippen LogP contribution is -2.18. The molecule has 0 heterocycles. The smallest absolute Gasteiger partial charge is 0.331 e. The SMILES string of the molecule is O=P(CC(CO)CO)(OCc1ccccc1)OCc1ccccc1. The molecule has 0 aromatic heterocycles. The van der Waals surface area contributed by atoms with E-state index in [0.29, 0.717) is 0 Å². The summed E-state index contributed by atoms with van der Waals surface area (Å²) in [5.74, 6) is -0.539. The largest absolute Gasteiger partial charge is 0.396 e. The second-order valence-corrected chi connectivity index (χ2v) is 7.65. The van der Waals surface area contributed by atoms with Gasteiger partial charge in [-0.05, 0) is 11.1 Å². The number of hydrogen-bond acceptors (Lipinski definition) is 5. The lowest BCUT2D eigenvalue weighted by Gasteiger charge is -2.22. The minimum Gasteiger partial charge on any atom is -0.396 e. The van der Waals surface area contributed by atoms with Gasteiger partial charge in [0, 0.05) is 19.1 Å². The fourth-order valence-electron chi connectivity index (χ4n) is 2.13. The van der Waals surface area contributed by atoms with Gasteiger partial charge in [0.15, 0.2) is 0 Å². The van der Waals surface area contributed by atoms with Crippen LogP contribution in [-0.4, -0.2) is 29.6 Å². The van der Waals surface area contributed by atoms with Gasteiger partial charge in [0.25, 0.3) is 0 Å². The molecule has 2 aromatic carbocycles. The first-order valence-electron chi connectivity index (χ1n) is 7.83. The molecular formula is C18H23O5P. The first-order chi connectivity index (χ1) is 11.6. The normalized spacial score (nSPS) is 11.8. The van der Waals surface area contributed by atoms with Gasteiger partial charge in [-0.3, -0.25) is 4.57 Å². The van der Waals surface area contributed by atoms with Crippen LogP contribution >= 0.6 is 7.60 Å². The molecule has 6 heteroatoms. The predicted molar refractivity (Wildman–Crippen MR) is 92.6 cm³/mol. The third-order valence-electron chi connectivity index (χ3n) is 3.54. The molecule has 0 radical (unpaired) electrons. The van der Waals surface area contributed by atoms with E-state index in [1.807, 2.05) is 60.7 Å². The standard InChI is InChI=1S/C18H23O5P/c19-11-18(12-20)15-24(21,22-13-16-7-3-1-4-8-16)23-14-17-9-5-2-6-10-17/h1-10,18-20H,11-15H2. The van der Waals surface area contributed by atoms with Crippen LogP contribution in [0.5, 0.6) is 0 Å². The van der Waals surface area contributed by atoms with Gasteiger partial charge in [0.1, 0.15) is 0 Å². The van der Waals surface area contributed by atoms with Crippen molar-refractivity contribution in [3.63, 3.8) is 0 Å². The number of hydrogen-bond donors (Lipinski definition) is 2. The van der Waals surface area contributed by atoms with E-state index in [2.05, 4.69) is 0 Å². The molecule has 0 atom stereocenters. The Labute approximate surface area is 142 Å². The van der Waals surface area contributed by atoms with Crippen molar-refractivity contribution in [1.29, 1.82) is 0 Å². The molecule has 2 N–H and O–H groups in total. The summed E-state index contributed by atoms with van der Waals surface area (Å²) in [5.41, 5.74) is 1.76. The predicted octanol–water partition coefficient (Wildman–Crippen LogP) is 3.21. The average molecular weight is 350 g/mol. The number of rotatable bonds is 10. The second-order valence-electron chi connectivity index (χ2n) is 5.54. The van der Waals surface area contributed by atoms with Crippen LogP contribution in [0.15, 0.2) is 60.7 Å². The van der Waals surface area contributed by atoms with Crippen molar-refractivity contribution in [2.24, 2.45) is 5.92 Å². The minimum absolute atomic E-state index is 0.0281. The highest BCUT2D eigenvalue weighted by molar-refractivity contribution is 7.53. The summed E-state index contributed by atoms with van der Waals surface area (Å²) in [5, 5.41) is 18.5. The zero-order valence-electron chi connectivity index (χ0n) is 13.5. The Bertz CT molecular complexity index is 581. The molecule has 130 valence electrons. The van der Waals surface area contributed by atoms with Crippen LogP contribution < -0.4 is 0 Å². The zero-order chi connectivity index (χ0) is 17.3. The zero-order valence-corrected chi connectivity index (χ0v) is 14.3. The minimum atomic E-state index is -3.46. The second kappa shape index (κ2) is 9.72. The van der Waals surface area contributed by atoms with Gasteiger partial charge >= 0.3 is 7.60 Å². The molecule has 0 aliphatic carbocycles. The number of benzene rings is 2. The average Bonchev–Trinajstić information content (AvgIpc) is 2.65. The van der Waals surface area contributed by atoms with Crippen molar-refractivity contribution >= 4 is 7.60 Å². The van der Waals surface area contributed by atoms with Gasteiger partial charge in [-0.25, -0.2) is 0 Å². The molecule has 2 rings (SSSR count). The molecule has 2 aromatic rings. The van der Waals surface area contributed by atoms with Crippen molar-refractivity contribution in [2.45, 2.75) is 13.2 Å². The summed E-state index contributed by atoms with van der Waals surface area (Å²) >= 11 is 0. The molecule has 0 aliphatic rings. The third-order valence-corrected chi connectivity index (χ3v) is 5.55. The van der Waals surface area contributed by atoms with Gasteiger partial charge in [0.2, 0.25) is 0 Å². The van der Waals surface area contributed by atoms with Crippen molar-refractivity contribution < 1.29 is 23.8 Å². The Kier molecular flexibility index (Phi) is 7.63. The van der Waals surface area contributed by atoms with Crippen LogP contribution in [-0.2, 0) is 26.8 Å². The van der Waals surface area contributed by atoms with E-state index in [9.17, 15) is 14.8 Å². The number of aliphatic hydroxyl groups excluding tert-OH is 2. The van der Waals surface area contributed by atoms with Crippen LogP contribution in [0, 0.1) is 5.92 Å². The highest BCUT2D eigenvalue weighted by Crippen LogP contribution is 2.51. The van der Waals surface area contributed by atoms with Gasteiger partial charge in [-0.2, -0.15) is 0 Å². The van der Waals surface area contributed by atoms with Crippen LogP contribution in [0.3, 0.4) is 0 Å². The van der Waals surface area contributed by atoms with Crippen LogP contribution in [0.1, 0.15) is 11.1 Å². The van der Waals surface area contributed by atoms with E-state index in [0.717, 1.165) is 11.1 Å². The van der Waals surface area contributed by atoms with Crippen molar-refractivity contribution in [1.82, 2.24) is 0 Å². The van der Waals surface area contributed by atoms with Crippen LogP contribution in [0.2, 0.25) is 0 Å². The quantitative estimate of drug-likeness (QED) is 0.644. The molecule has 0 unspecified atom stereocenters. The van der Waals surface area contributed by atoms with E-state index in [1.165, 1.54) is 0 Å². The van der Waals surface area contributed by atoms with Gasteiger partial charge in [-0.1, -0.05) is 60.7 Å². The maximum atomic E-state index is 13.0. The Morgan fingerprint density at radius 2 is 1.21 bits per heavy atom. The topological polar surface area (TPSA) is 76.0 Å². The van der Waals surface area contributed by atoms with Gasteiger partial charge in [-0.15, -0.1) is 0 Å². The van der Waals surface area contributed by atoms with Crippen LogP contribution in [0.4, 0.5) is 0 Å². The van der Waals surface area contributed by atoms with Crippen molar-refractivity contribution in [3.05, 3.63) is 71.8 Å². The molecule has 0 fully saturated rings. The molecule has 0 saturated heterocycles. The Hall–Kier alpha value is -1.49. The highest BCUT2D eigenvalue weighted by atomic mass is 31.2. The molecule has 0 bridgehead atoms. The number of aliphatic hydroxyl groups is 2. The molecular weight excluding hydrogens is 327 g/mol. The Balaban J connectivity index is 2.03. The summed E-state index contributed by atoms with van der Waals surface area (Å²) in [6.45, 7) is -0.249. The van der Waals surface area contributed by atoms with E-state index in [4.69, 9.17) is 9.05 Å². The molecule has 0 spiro atoms. The lowest BCUT2D eigenvalue weighted by molar-refractivity contribution is 0.144. The van der Waals surface area contributed by atoms with E-state index in [-0.39, 0.29) is 32.6 Å². The summed E-state index contributed by atoms with van der Waals surface area (Å²) < 4.78 is 24.2. The maximum Gasteiger partial charge on any atom is 0.331 e. The summed E-state index contributed by atoms with van der Waals surface area (Å²) in [4.78, 5) is 0. The molecule has 24 heavy (non-hydrogen) atoms. The highest BCUT2D eigenvalue weighted by Gasteiger charge is 2.29. The van der Waals surface area contributed by atoms with E-state index < -0.39 is 13.5 Å². The first kappa shape index (κ1) is 18.8. The van der Waals surface area contributed by atoms with Gasteiger partial charge in [0.05, 0.1) is 19.4 Å². The maximum absolute atomic E-state index is 13.0. The molecule has 0 aliphatic heterocycles. The van der Waals surface area contributed by atoms with E-state index >= 15 is 0 Å². The fourth-order valence-corrected chi connectivity index (χ4v) is 3.97. The third kappa shape index (κ3) is 6.19. The van der Waals surface area contributed by atoms with Crippen LogP contribution in [0.25, 0.3) is 0 Å². The molecule has 5 nitrogen and oxygen atoms in total. The van der Waals surface area contributed by atoms with Crippen molar-refractivity contribution in [2.75, 3.05) is 19.4 Å². The molecule has 0 saturated carbocycles. The first-order valence-corrected chi connectivity index (χ1v) is 9.55. The fraction of sp³-hybridized carbons (Fsp3) is 0.333.